The summed E-state index contributed by atoms with van der Waals surface area (Å²) < 4.78 is 12.0. The highest BCUT2D eigenvalue weighted by Crippen LogP contribution is 2.15. The van der Waals surface area contributed by atoms with Crippen LogP contribution in [0.3, 0.4) is 0 Å². The van der Waals surface area contributed by atoms with Crippen molar-refractivity contribution in [2.24, 2.45) is 0 Å². The van der Waals surface area contributed by atoms with Gasteiger partial charge in [0.25, 0.3) is 0 Å². The molecule has 0 bridgehead atoms. The van der Waals surface area contributed by atoms with Crippen LogP contribution in [0.1, 0.15) is 207 Å². The molecule has 0 amide bonds. The van der Waals surface area contributed by atoms with Crippen molar-refractivity contribution in [2.45, 2.75) is 213 Å². The fourth-order valence-corrected chi connectivity index (χ4v) is 5.31. The molecule has 2 nitrogen and oxygen atoms in total. The van der Waals surface area contributed by atoms with Crippen molar-refractivity contribution in [3.8, 4) is 0 Å². The standard InChI is InChI=1S/C35H72O2/c1-4-7-9-11-13-15-17-19-21-23-25-27-29-31-33-36-35(6-3)37-34-32-30-28-26-24-22-20-18-16-14-12-10-8-5-2/h35H,4-34H2,1-3H3. The molecule has 0 heterocycles. The van der Waals surface area contributed by atoms with Crippen molar-refractivity contribution in [3.05, 3.63) is 0 Å². The van der Waals surface area contributed by atoms with Gasteiger partial charge in [0, 0.05) is 13.2 Å². The fourth-order valence-electron chi connectivity index (χ4n) is 5.31. The van der Waals surface area contributed by atoms with Gasteiger partial charge in [-0.3, -0.25) is 0 Å². The van der Waals surface area contributed by atoms with Gasteiger partial charge < -0.3 is 9.47 Å². The van der Waals surface area contributed by atoms with Crippen LogP contribution in [0, 0.1) is 0 Å². The molecule has 0 unspecified atom stereocenters. The summed E-state index contributed by atoms with van der Waals surface area (Å²) in [5.41, 5.74) is 0. The summed E-state index contributed by atoms with van der Waals surface area (Å²) in [6.45, 7) is 8.52. The van der Waals surface area contributed by atoms with E-state index in [1.54, 1.807) is 0 Å². The molecule has 2 heteroatoms. The lowest BCUT2D eigenvalue weighted by molar-refractivity contribution is -0.144. The smallest absolute Gasteiger partial charge is 0.157 e. The van der Waals surface area contributed by atoms with Gasteiger partial charge in [-0.2, -0.15) is 0 Å². The maximum Gasteiger partial charge on any atom is 0.157 e. The minimum absolute atomic E-state index is 0.0175. The second-order valence-corrected chi connectivity index (χ2v) is 11.8. The number of hydrogen-bond acceptors (Lipinski definition) is 2. The summed E-state index contributed by atoms with van der Waals surface area (Å²) in [5, 5.41) is 0. The van der Waals surface area contributed by atoms with Crippen LogP contribution in [0.15, 0.2) is 0 Å². The molecule has 0 aliphatic carbocycles. The van der Waals surface area contributed by atoms with Crippen molar-refractivity contribution < 1.29 is 9.47 Å². The highest BCUT2D eigenvalue weighted by Gasteiger charge is 2.06. The Bertz CT molecular complexity index is 349. The predicted molar refractivity (Wildman–Crippen MR) is 167 cm³/mol. The molecule has 0 atom stereocenters. The van der Waals surface area contributed by atoms with Crippen LogP contribution in [0.5, 0.6) is 0 Å². The molecule has 224 valence electrons. The number of rotatable bonds is 33. The van der Waals surface area contributed by atoms with Crippen LogP contribution >= 0.6 is 0 Å². The van der Waals surface area contributed by atoms with Gasteiger partial charge in [0.2, 0.25) is 0 Å². The Morgan fingerprint density at radius 3 is 0.730 bits per heavy atom. The molecule has 0 spiro atoms. The van der Waals surface area contributed by atoms with E-state index in [2.05, 4.69) is 20.8 Å². The Morgan fingerprint density at radius 2 is 0.514 bits per heavy atom. The first kappa shape index (κ1) is 36.9. The van der Waals surface area contributed by atoms with E-state index in [9.17, 15) is 0 Å². The van der Waals surface area contributed by atoms with Gasteiger partial charge in [-0.25, -0.2) is 0 Å². The maximum absolute atomic E-state index is 6.00. The molecule has 0 saturated carbocycles. The van der Waals surface area contributed by atoms with Crippen molar-refractivity contribution in [3.63, 3.8) is 0 Å². The molecule has 0 radical (unpaired) electrons. The summed E-state index contributed by atoms with van der Waals surface area (Å²) in [7, 11) is 0. The minimum Gasteiger partial charge on any atom is -0.353 e. The van der Waals surface area contributed by atoms with Gasteiger partial charge >= 0.3 is 0 Å². The summed E-state index contributed by atoms with van der Waals surface area (Å²) in [6, 6.07) is 0. The highest BCUT2D eigenvalue weighted by molar-refractivity contribution is 4.51. The van der Waals surface area contributed by atoms with E-state index in [0.717, 1.165) is 19.6 Å². The molecule has 0 aromatic heterocycles. The van der Waals surface area contributed by atoms with Gasteiger partial charge in [-0.1, -0.05) is 188 Å². The Labute approximate surface area is 235 Å². The second-order valence-electron chi connectivity index (χ2n) is 11.8. The number of ether oxygens (including phenoxy) is 2. The SMILES string of the molecule is CCCCCCCCCCCCCCCCOC(CC)OCCCCCCCCCCCCCCCC. The Hall–Kier alpha value is -0.0800. The minimum atomic E-state index is 0.0175. The van der Waals surface area contributed by atoms with Crippen molar-refractivity contribution in [1.29, 1.82) is 0 Å². The fraction of sp³-hybridized carbons (Fsp3) is 1.00. The van der Waals surface area contributed by atoms with E-state index in [1.807, 2.05) is 0 Å². The largest absolute Gasteiger partial charge is 0.353 e. The van der Waals surface area contributed by atoms with E-state index >= 15 is 0 Å². The van der Waals surface area contributed by atoms with E-state index in [-0.39, 0.29) is 6.29 Å². The normalized spacial score (nSPS) is 11.7. The van der Waals surface area contributed by atoms with Crippen molar-refractivity contribution in [1.82, 2.24) is 0 Å². The van der Waals surface area contributed by atoms with Gasteiger partial charge in [-0.15, -0.1) is 0 Å². The van der Waals surface area contributed by atoms with Gasteiger partial charge in [0.1, 0.15) is 0 Å². The lowest BCUT2D eigenvalue weighted by Crippen LogP contribution is -2.17. The monoisotopic (exact) mass is 525 g/mol. The molecule has 0 N–H and O–H groups in total. The molecular formula is C35H72O2. The van der Waals surface area contributed by atoms with Gasteiger partial charge in [0.15, 0.2) is 6.29 Å². The Balaban J connectivity index is 3.25. The summed E-state index contributed by atoms with van der Waals surface area (Å²) in [5.74, 6) is 0. The van der Waals surface area contributed by atoms with Gasteiger partial charge in [0.05, 0.1) is 0 Å². The van der Waals surface area contributed by atoms with E-state index in [0.29, 0.717) is 0 Å². The lowest BCUT2D eigenvalue weighted by atomic mass is 10.0. The van der Waals surface area contributed by atoms with E-state index < -0.39 is 0 Å². The van der Waals surface area contributed by atoms with Crippen LogP contribution in [-0.4, -0.2) is 19.5 Å². The second kappa shape index (κ2) is 33.9. The quantitative estimate of drug-likeness (QED) is 0.0627. The van der Waals surface area contributed by atoms with Crippen LogP contribution in [-0.2, 0) is 9.47 Å². The summed E-state index contributed by atoms with van der Waals surface area (Å²) in [4.78, 5) is 0. The predicted octanol–water partition coefficient (Wildman–Crippen LogP) is 12.7. The molecule has 0 aromatic rings. The first-order valence-electron chi connectivity index (χ1n) is 17.6. The summed E-state index contributed by atoms with van der Waals surface area (Å²) >= 11 is 0. The molecule has 0 saturated heterocycles. The summed E-state index contributed by atoms with van der Waals surface area (Å²) in [6.07, 6.45) is 40.3. The van der Waals surface area contributed by atoms with Crippen LogP contribution in [0.25, 0.3) is 0 Å². The maximum atomic E-state index is 6.00. The van der Waals surface area contributed by atoms with E-state index in [4.69, 9.17) is 9.47 Å². The zero-order chi connectivity index (χ0) is 26.9. The average Bonchev–Trinajstić information content (AvgIpc) is 2.91. The highest BCUT2D eigenvalue weighted by atomic mass is 16.7. The van der Waals surface area contributed by atoms with Gasteiger partial charge in [-0.05, 0) is 19.3 Å². The molecule has 0 aromatic carbocycles. The molecule has 37 heavy (non-hydrogen) atoms. The first-order chi connectivity index (χ1) is 18.3. The molecule has 0 aliphatic heterocycles. The topological polar surface area (TPSA) is 18.5 Å². The third kappa shape index (κ3) is 32.0. The Kier molecular flexibility index (Phi) is 33.9. The first-order valence-corrected chi connectivity index (χ1v) is 17.6. The van der Waals surface area contributed by atoms with Crippen LogP contribution in [0.4, 0.5) is 0 Å². The van der Waals surface area contributed by atoms with Crippen molar-refractivity contribution >= 4 is 0 Å². The van der Waals surface area contributed by atoms with Crippen LogP contribution < -0.4 is 0 Å². The lowest BCUT2D eigenvalue weighted by Gasteiger charge is -2.17. The zero-order valence-electron chi connectivity index (χ0n) is 26.3. The third-order valence-electron chi connectivity index (χ3n) is 7.94. The number of hydrogen-bond donors (Lipinski definition) is 0. The molecular weight excluding hydrogens is 452 g/mol. The number of unbranched alkanes of at least 4 members (excludes halogenated alkanes) is 26. The van der Waals surface area contributed by atoms with Crippen molar-refractivity contribution in [2.75, 3.05) is 13.2 Å². The zero-order valence-corrected chi connectivity index (χ0v) is 26.3. The Morgan fingerprint density at radius 1 is 0.297 bits per heavy atom. The van der Waals surface area contributed by atoms with E-state index in [1.165, 1.54) is 180 Å². The van der Waals surface area contributed by atoms with Crippen LogP contribution in [0.2, 0.25) is 0 Å². The third-order valence-corrected chi connectivity index (χ3v) is 7.94. The average molecular weight is 525 g/mol. The molecule has 0 rings (SSSR count). The molecule has 0 aliphatic rings. The molecule has 0 fully saturated rings.